The van der Waals surface area contributed by atoms with Gasteiger partial charge in [0.15, 0.2) is 0 Å². The summed E-state index contributed by atoms with van der Waals surface area (Å²) in [7, 11) is 1.87. The molecule has 0 aliphatic rings. The molecule has 0 saturated heterocycles. The molecule has 1 atom stereocenters. The molecule has 2 amide bonds. The Morgan fingerprint density at radius 1 is 1.06 bits per heavy atom. The van der Waals surface area contributed by atoms with Crippen LogP contribution in [0.4, 0.5) is 10.1 Å². The third kappa shape index (κ3) is 4.84. The number of aromatic nitrogens is 1. The van der Waals surface area contributed by atoms with Crippen LogP contribution in [0.15, 0.2) is 66.9 Å². The molecule has 4 aromatic rings. The Bertz CT molecular complexity index is 1490. The van der Waals surface area contributed by atoms with Crippen LogP contribution in [-0.4, -0.2) is 28.6 Å². The lowest BCUT2D eigenvalue weighted by Crippen LogP contribution is -2.31. The fourth-order valence-electron chi connectivity index (χ4n) is 4.23. The SMILES string of the molecule is CCNC(=O)C(=N)c1ccc(-c2ccc3c(c2)c(C(=O)N[C@@H](C)c2cccc(F)c2)cn3C)cc1N. The smallest absolute Gasteiger partial charge is 0.269 e. The van der Waals surface area contributed by atoms with Crippen LogP contribution in [-0.2, 0) is 11.8 Å². The number of aryl methyl sites for hydroxylation is 1. The molecule has 1 heterocycles. The van der Waals surface area contributed by atoms with Crippen molar-refractivity contribution in [2.45, 2.75) is 19.9 Å². The Morgan fingerprint density at radius 2 is 1.78 bits per heavy atom. The van der Waals surface area contributed by atoms with Crippen molar-refractivity contribution >= 4 is 34.1 Å². The number of carbonyl (C=O) groups is 2. The van der Waals surface area contributed by atoms with E-state index in [9.17, 15) is 14.0 Å². The fraction of sp³-hybridized carbons (Fsp3) is 0.179. The van der Waals surface area contributed by atoms with E-state index < -0.39 is 5.91 Å². The zero-order chi connectivity index (χ0) is 26.0. The van der Waals surface area contributed by atoms with Crippen LogP contribution in [0.2, 0.25) is 0 Å². The molecule has 8 heteroatoms. The lowest BCUT2D eigenvalue weighted by atomic mass is 9.98. The molecule has 4 rings (SSSR count). The Kier molecular flexibility index (Phi) is 6.87. The van der Waals surface area contributed by atoms with Crippen LogP contribution in [0.1, 0.15) is 41.4 Å². The first-order chi connectivity index (χ1) is 17.2. The maximum Gasteiger partial charge on any atom is 0.269 e. The quantitative estimate of drug-likeness (QED) is 0.227. The standard InChI is InChI=1S/C28H28FN5O2/c1-4-32-28(36)26(31)21-10-8-19(14-24(21)30)18-9-11-25-22(13-18)23(15-34(25)3)27(35)33-16(2)17-6-5-7-20(29)12-17/h5-16,31H,4,30H2,1-3H3,(H,32,36)(H,33,35)/t16-/m0/s1. The van der Waals surface area contributed by atoms with Crippen LogP contribution < -0.4 is 16.4 Å². The number of likely N-dealkylation sites (N-methyl/N-ethyl adjacent to an activating group) is 1. The number of hydrogen-bond acceptors (Lipinski definition) is 4. The zero-order valence-electron chi connectivity index (χ0n) is 20.4. The first kappa shape index (κ1) is 24.7. The van der Waals surface area contributed by atoms with Crippen molar-refractivity contribution in [3.8, 4) is 11.1 Å². The van der Waals surface area contributed by atoms with Gasteiger partial charge < -0.3 is 20.9 Å². The van der Waals surface area contributed by atoms with Crippen LogP contribution in [0.5, 0.6) is 0 Å². The maximum atomic E-state index is 13.6. The van der Waals surface area contributed by atoms with Gasteiger partial charge >= 0.3 is 0 Å². The van der Waals surface area contributed by atoms with Gasteiger partial charge in [0, 0.05) is 41.9 Å². The molecule has 7 nitrogen and oxygen atoms in total. The third-order valence-electron chi connectivity index (χ3n) is 6.15. The van der Waals surface area contributed by atoms with E-state index in [1.807, 2.05) is 36.7 Å². The van der Waals surface area contributed by atoms with E-state index in [1.165, 1.54) is 12.1 Å². The van der Waals surface area contributed by atoms with E-state index in [-0.39, 0.29) is 23.5 Å². The number of nitrogens with zero attached hydrogens (tertiary/aromatic N) is 1. The summed E-state index contributed by atoms with van der Waals surface area (Å²) in [5, 5.41) is 14.4. The number of fused-ring (bicyclic) bond motifs is 1. The van der Waals surface area contributed by atoms with Crippen molar-refractivity contribution in [3.63, 3.8) is 0 Å². The highest BCUT2D eigenvalue weighted by Crippen LogP contribution is 2.30. The van der Waals surface area contributed by atoms with Crippen molar-refractivity contribution in [2.75, 3.05) is 12.3 Å². The lowest BCUT2D eigenvalue weighted by Gasteiger charge is -2.14. The second-order valence-corrected chi connectivity index (χ2v) is 8.67. The number of anilines is 1. The zero-order valence-corrected chi connectivity index (χ0v) is 20.4. The van der Waals surface area contributed by atoms with E-state index in [1.54, 1.807) is 43.5 Å². The normalized spacial score (nSPS) is 11.8. The van der Waals surface area contributed by atoms with E-state index >= 15 is 0 Å². The number of halogens is 1. The molecule has 3 aromatic carbocycles. The molecule has 0 aliphatic carbocycles. The molecule has 0 bridgehead atoms. The van der Waals surface area contributed by atoms with E-state index in [4.69, 9.17) is 11.1 Å². The molecule has 0 radical (unpaired) electrons. The van der Waals surface area contributed by atoms with Gasteiger partial charge in [0.1, 0.15) is 11.5 Å². The Labute approximate surface area is 208 Å². The van der Waals surface area contributed by atoms with Gasteiger partial charge in [0.05, 0.1) is 11.6 Å². The predicted molar refractivity (Wildman–Crippen MR) is 141 cm³/mol. The van der Waals surface area contributed by atoms with Gasteiger partial charge in [0.2, 0.25) is 0 Å². The van der Waals surface area contributed by atoms with Crippen molar-refractivity contribution in [1.82, 2.24) is 15.2 Å². The minimum absolute atomic E-state index is 0.189. The molecule has 0 spiro atoms. The summed E-state index contributed by atoms with van der Waals surface area (Å²) in [6.07, 6.45) is 1.77. The average Bonchev–Trinajstić information content (AvgIpc) is 3.19. The van der Waals surface area contributed by atoms with Crippen LogP contribution in [0.25, 0.3) is 22.0 Å². The summed E-state index contributed by atoms with van der Waals surface area (Å²) in [6.45, 7) is 4.02. The van der Waals surface area contributed by atoms with Gasteiger partial charge in [-0.15, -0.1) is 0 Å². The lowest BCUT2D eigenvalue weighted by molar-refractivity contribution is -0.114. The minimum Gasteiger partial charge on any atom is -0.398 e. The van der Waals surface area contributed by atoms with Gasteiger partial charge in [-0.2, -0.15) is 0 Å². The van der Waals surface area contributed by atoms with Crippen LogP contribution >= 0.6 is 0 Å². The average molecular weight is 486 g/mol. The molecule has 184 valence electrons. The topological polar surface area (TPSA) is 113 Å². The molecular formula is C28H28FN5O2. The highest BCUT2D eigenvalue weighted by molar-refractivity contribution is 6.45. The Morgan fingerprint density at radius 3 is 2.47 bits per heavy atom. The van der Waals surface area contributed by atoms with Crippen molar-refractivity contribution in [2.24, 2.45) is 7.05 Å². The molecule has 0 saturated carbocycles. The highest BCUT2D eigenvalue weighted by Gasteiger charge is 2.19. The number of hydrogen-bond donors (Lipinski definition) is 4. The Hall–Kier alpha value is -4.46. The second kappa shape index (κ2) is 10.0. The van der Waals surface area contributed by atoms with Crippen molar-refractivity contribution in [1.29, 1.82) is 5.41 Å². The number of rotatable bonds is 7. The van der Waals surface area contributed by atoms with E-state index in [0.717, 1.165) is 22.0 Å². The summed E-state index contributed by atoms with van der Waals surface area (Å²) < 4.78 is 15.5. The van der Waals surface area contributed by atoms with E-state index in [2.05, 4.69) is 10.6 Å². The maximum absolute atomic E-state index is 13.6. The summed E-state index contributed by atoms with van der Waals surface area (Å²) >= 11 is 0. The molecule has 36 heavy (non-hydrogen) atoms. The summed E-state index contributed by atoms with van der Waals surface area (Å²) in [5.74, 6) is -1.10. The van der Waals surface area contributed by atoms with Crippen LogP contribution in [0.3, 0.4) is 0 Å². The van der Waals surface area contributed by atoms with Gasteiger partial charge in [-0.3, -0.25) is 15.0 Å². The number of amides is 2. The summed E-state index contributed by atoms with van der Waals surface area (Å²) in [6, 6.07) is 16.8. The fourth-order valence-corrected chi connectivity index (χ4v) is 4.23. The van der Waals surface area contributed by atoms with Gasteiger partial charge in [0.25, 0.3) is 11.8 Å². The first-order valence-electron chi connectivity index (χ1n) is 11.6. The van der Waals surface area contributed by atoms with Crippen LogP contribution in [0, 0.1) is 11.2 Å². The summed E-state index contributed by atoms with van der Waals surface area (Å²) in [4.78, 5) is 25.2. The van der Waals surface area contributed by atoms with Crippen molar-refractivity contribution in [3.05, 3.63) is 89.4 Å². The highest BCUT2D eigenvalue weighted by atomic mass is 19.1. The molecule has 0 fully saturated rings. The molecule has 0 unspecified atom stereocenters. The number of nitrogens with one attached hydrogen (secondary N) is 3. The molecule has 0 aliphatic heterocycles. The van der Waals surface area contributed by atoms with Gasteiger partial charge in [-0.1, -0.05) is 24.3 Å². The molecule has 1 aromatic heterocycles. The van der Waals surface area contributed by atoms with Gasteiger partial charge in [-0.05, 0) is 66.9 Å². The summed E-state index contributed by atoms with van der Waals surface area (Å²) in [5.41, 5.74) is 10.4. The number of nitrogen functional groups attached to an aromatic ring is 1. The molecule has 5 N–H and O–H groups in total. The minimum atomic E-state index is -0.481. The largest absolute Gasteiger partial charge is 0.398 e. The monoisotopic (exact) mass is 485 g/mol. The van der Waals surface area contributed by atoms with E-state index in [0.29, 0.717) is 28.9 Å². The van der Waals surface area contributed by atoms with Gasteiger partial charge in [-0.25, -0.2) is 4.39 Å². The third-order valence-corrected chi connectivity index (χ3v) is 6.15. The number of carbonyl (C=O) groups excluding carboxylic acids is 2. The number of benzene rings is 3. The second-order valence-electron chi connectivity index (χ2n) is 8.67. The van der Waals surface area contributed by atoms with Crippen molar-refractivity contribution < 1.29 is 14.0 Å². The first-order valence-corrected chi connectivity index (χ1v) is 11.6. The molecular weight excluding hydrogens is 457 g/mol. The number of nitrogens with two attached hydrogens (primary N) is 1. The Balaban J connectivity index is 1.65. The predicted octanol–water partition coefficient (Wildman–Crippen LogP) is 4.56.